The minimum absolute atomic E-state index is 0.585. The second-order valence-corrected chi connectivity index (χ2v) is 16.1. The van der Waals surface area contributed by atoms with Gasteiger partial charge < -0.3 is 4.42 Å². The van der Waals surface area contributed by atoms with Crippen molar-refractivity contribution < 1.29 is 4.42 Å². The van der Waals surface area contributed by atoms with Crippen molar-refractivity contribution in [2.24, 2.45) is 0 Å². The van der Waals surface area contributed by atoms with Crippen LogP contribution in [0.4, 0.5) is 0 Å². The van der Waals surface area contributed by atoms with Crippen LogP contribution in [0.2, 0.25) is 0 Å². The van der Waals surface area contributed by atoms with Gasteiger partial charge in [-0.1, -0.05) is 115 Å². The summed E-state index contributed by atoms with van der Waals surface area (Å²) in [5.41, 5.74) is 8.03. The first-order valence-electron chi connectivity index (χ1n) is 18.7. The van der Waals surface area contributed by atoms with Gasteiger partial charge in [0.2, 0.25) is 0 Å². The van der Waals surface area contributed by atoms with E-state index in [9.17, 15) is 0 Å². The van der Waals surface area contributed by atoms with Crippen molar-refractivity contribution in [3.05, 3.63) is 164 Å². The number of aromatic nitrogens is 5. The van der Waals surface area contributed by atoms with Crippen LogP contribution in [0.25, 0.3) is 119 Å². The lowest BCUT2D eigenvalue weighted by Crippen LogP contribution is -2.00. The lowest BCUT2D eigenvalue weighted by Gasteiger charge is -2.09. The number of fused-ring (bicyclic) bond motifs is 9. The van der Waals surface area contributed by atoms with Gasteiger partial charge >= 0.3 is 0 Å². The molecule has 0 N–H and O–H groups in total. The molecule has 12 aromatic rings. The molecular formula is C49H27N5OS2. The molecule has 0 amide bonds. The quantitative estimate of drug-likeness (QED) is 0.174. The van der Waals surface area contributed by atoms with Crippen LogP contribution in [-0.4, -0.2) is 24.9 Å². The molecule has 12 rings (SSSR count). The van der Waals surface area contributed by atoms with Gasteiger partial charge in [-0.3, -0.25) is 0 Å². The van der Waals surface area contributed by atoms with Crippen molar-refractivity contribution in [2.45, 2.75) is 0 Å². The largest absolute Gasteiger partial charge is 0.456 e. The van der Waals surface area contributed by atoms with Gasteiger partial charge in [0.1, 0.15) is 11.2 Å². The summed E-state index contributed by atoms with van der Waals surface area (Å²) in [4.78, 5) is 25.7. The summed E-state index contributed by atoms with van der Waals surface area (Å²) < 4.78 is 11.4. The summed E-state index contributed by atoms with van der Waals surface area (Å²) in [6, 6.07) is 56.2. The molecule has 266 valence electrons. The first kappa shape index (κ1) is 32.1. The first-order chi connectivity index (χ1) is 28.2. The molecule has 0 atom stereocenters. The van der Waals surface area contributed by atoms with Gasteiger partial charge in [0.15, 0.2) is 23.3 Å². The molecule has 0 unspecified atom stereocenters. The van der Waals surface area contributed by atoms with Gasteiger partial charge in [-0.05, 0) is 48.5 Å². The van der Waals surface area contributed by atoms with Gasteiger partial charge in [-0.15, -0.1) is 22.7 Å². The Morgan fingerprint density at radius 3 is 1.79 bits per heavy atom. The van der Waals surface area contributed by atoms with Gasteiger partial charge in [-0.2, -0.15) is 0 Å². The van der Waals surface area contributed by atoms with Crippen LogP contribution in [0.3, 0.4) is 0 Å². The molecule has 0 aliphatic carbocycles. The molecular weight excluding hydrogens is 739 g/mol. The molecule has 5 heterocycles. The summed E-state index contributed by atoms with van der Waals surface area (Å²) in [7, 11) is 0. The van der Waals surface area contributed by atoms with E-state index in [4.69, 9.17) is 29.3 Å². The number of hydrogen-bond donors (Lipinski definition) is 0. The Morgan fingerprint density at radius 2 is 1.00 bits per heavy atom. The highest BCUT2D eigenvalue weighted by Gasteiger charge is 2.21. The van der Waals surface area contributed by atoms with E-state index < -0.39 is 0 Å². The Kier molecular flexibility index (Phi) is 7.17. The molecule has 0 aliphatic heterocycles. The van der Waals surface area contributed by atoms with Crippen molar-refractivity contribution in [3.8, 4) is 56.8 Å². The number of nitrogens with zero attached hydrogens (tertiary/aromatic N) is 5. The summed E-state index contributed by atoms with van der Waals surface area (Å²) >= 11 is 3.52. The SMILES string of the molecule is c1ccc(-c2nc(-c3ccc4sc5ccccc5c4c3)nc(-c3cccc4oc5cc(-c6nc(-c7ccccc7)nc7c6sc6ccccc67)ccc5c34)n2)cc1. The average molecular weight is 766 g/mol. The van der Waals surface area contributed by atoms with Crippen molar-refractivity contribution in [3.63, 3.8) is 0 Å². The standard InChI is InChI=1S/C49H27N5OS2/c1-3-12-28(13-4-1)46-50-43(45-44(51-46)34-17-8-10-21-40(34)57-45)30-22-24-33-38(27-30)55-37-19-11-18-35(42(33)37)49-53-47(29-14-5-2-6-15-29)52-48(54-49)31-23-25-41-36(26-31)32-16-7-9-20-39(32)56-41/h1-27H. The molecule has 5 aromatic heterocycles. The van der Waals surface area contributed by atoms with Crippen LogP contribution in [0, 0.1) is 0 Å². The minimum atomic E-state index is 0.585. The fourth-order valence-electron chi connectivity index (χ4n) is 7.87. The highest BCUT2D eigenvalue weighted by Crippen LogP contribution is 2.43. The predicted octanol–water partition coefficient (Wildman–Crippen LogP) is 13.6. The summed E-state index contributed by atoms with van der Waals surface area (Å²) in [5.74, 6) is 2.51. The Labute approximate surface area is 333 Å². The van der Waals surface area contributed by atoms with Crippen LogP contribution >= 0.6 is 22.7 Å². The normalized spacial score (nSPS) is 11.9. The summed E-state index contributed by atoms with van der Waals surface area (Å²) in [6.45, 7) is 0. The monoisotopic (exact) mass is 765 g/mol. The van der Waals surface area contributed by atoms with E-state index in [1.165, 1.54) is 24.9 Å². The second kappa shape index (κ2) is 12.7. The number of hydrogen-bond acceptors (Lipinski definition) is 8. The van der Waals surface area contributed by atoms with Crippen LogP contribution in [0.15, 0.2) is 168 Å². The Balaban J connectivity index is 1.04. The fraction of sp³-hybridized carbons (Fsp3) is 0. The van der Waals surface area contributed by atoms with E-state index in [2.05, 4.69) is 103 Å². The molecule has 0 aliphatic rings. The van der Waals surface area contributed by atoms with Gasteiger partial charge in [0, 0.05) is 68.8 Å². The van der Waals surface area contributed by atoms with Gasteiger partial charge in [0.25, 0.3) is 0 Å². The molecule has 57 heavy (non-hydrogen) atoms. The molecule has 0 saturated carbocycles. The lowest BCUT2D eigenvalue weighted by atomic mass is 10.0. The van der Waals surface area contributed by atoms with Crippen LogP contribution < -0.4 is 0 Å². The van der Waals surface area contributed by atoms with Crippen LogP contribution in [0.1, 0.15) is 0 Å². The van der Waals surface area contributed by atoms with E-state index in [1.807, 2.05) is 60.7 Å². The molecule has 0 bridgehead atoms. The van der Waals surface area contributed by atoms with Crippen molar-refractivity contribution in [1.29, 1.82) is 0 Å². The van der Waals surface area contributed by atoms with E-state index in [0.29, 0.717) is 23.3 Å². The maximum Gasteiger partial charge on any atom is 0.164 e. The number of furan rings is 1. The van der Waals surface area contributed by atoms with Gasteiger partial charge in [0.05, 0.1) is 15.9 Å². The molecule has 0 saturated heterocycles. The maximum atomic E-state index is 6.66. The fourth-order valence-corrected chi connectivity index (χ4v) is 10.1. The van der Waals surface area contributed by atoms with E-state index in [-0.39, 0.29) is 0 Å². The number of benzene rings is 7. The number of rotatable bonds is 5. The summed E-state index contributed by atoms with van der Waals surface area (Å²) in [6.07, 6.45) is 0. The highest BCUT2D eigenvalue weighted by molar-refractivity contribution is 7.26. The maximum absolute atomic E-state index is 6.66. The smallest absolute Gasteiger partial charge is 0.164 e. The Hall–Kier alpha value is -7.13. The predicted molar refractivity (Wildman–Crippen MR) is 236 cm³/mol. The van der Waals surface area contributed by atoms with Crippen molar-refractivity contribution >= 4 is 85.1 Å². The van der Waals surface area contributed by atoms with Gasteiger partial charge in [-0.25, -0.2) is 24.9 Å². The third kappa shape index (κ3) is 5.26. The zero-order chi connectivity index (χ0) is 37.5. The van der Waals surface area contributed by atoms with Crippen LogP contribution in [-0.2, 0) is 0 Å². The third-order valence-electron chi connectivity index (χ3n) is 10.6. The third-order valence-corrected chi connectivity index (χ3v) is 12.9. The molecule has 7 aromatic carbocycles. The Bertz CT molecular complexity index is 3540. The number of thiophene rings is 2. The molecule has 8 heteroatoms. The molecule has 0 fully saturated rings. The van der Waals surface area contributed by atoms with Crippen LogP contribution in [0.5, 0.6) is 0 Å². The van der Waals surface area contributed by atoms with E-state index in [0.717, 1.165) is 71.1 Å². The minimum Gasteiger partial charge on any atom is -0.456 e. The van der Waals surface area contributed by atoms with E-state index >= 15 is 0 Å². The zero-order valence-electron chi connectivity index (χ0n) is 30.0. The molecule has 0 spiro atoms. The second-order valence-electron chi connectivity index (χ2n) is 14.0. The molecule has 6 nitrogen and oxygen atoms in total. The lowest BCUT2D eigenvalue weighted by molar-refractivity contribution is 0.669. The average Bonchev–Trinajstić information content (AvgIpc) is 3.97. The summed E-state index contributed by atoms with van der Waals surface area (Å²) in [5, 5.41) is 5.49. The van der Waals surface area contributed by atoms with E-state index in [1.54, 1.807) is 22.7 Å². The topological polar surface area (TPSA) is 77.6 Å². The highest BCUT2D eigenvalue weighted by atomic mass is 32.1. The first-order valence-corrected chi connectivity index (χ1v) is 20.3. The Morgan fingerprint density at radius 1 is 0.368 bits per heavy atom. The van der Waals surface area contributed by atoms with Crippen molar-refractivity contribution in [2.75, 3.05) is 0 Å². The molecule has 0 radical (unpaired) electrons. The zero-order valence-corrected chi connectivity index (χ0v) is 31.7. The van der Waals surface area contributed by atoms with Crippen molar-refractivity contribution in [1.82, 2.24) is 24.9 Å².